The molecule has 0 saturated heterocycles. The van der Waals surface area contributed by atoms with Crippen molar-refractivity contribution in [1.82, 2.24) is 0 Å². The van der Waals surface area contributed by atoms with Crippen LogP contribution in [0.5, 0.6) is 5.75 Å². The van der Waals surface area contributed by atoms with Gasteiger partial charge in [0.05, 0.1) is 6.10 Å². The molecule has 1 aromatic carbocycles. The van der Waals surface area contributed by atoms with E-state index in [0.29, 0.717) is 17.6 Å². The highest BCUT2D eigenvalue weighted by atomic mass is 19.1. The third kappa shape index (κ3) is 3.69. The standard InChI is InChI=1S/C16H24FNO/c1-10-6-11(2)8-14(7-10)19-16-5-4-13(12(3)18)9-15(16)17/h4-5,9-12,14H,6-8,18H2,1-3H3/t10?,11?,12-,14?/m0/s1. The van der Waals surface area contributed by atoms with Crippen LogP contribution in [-0.2, 0) is 0 Å². The molecule has 106 valence electrons. The SMILES string of the molecule is CC1CC(C)CC(Oc2ccc([C@H](C)N)cc2F)C1. The summed E-state index contributed by atoms with van der Waals surface area (Å²) < 4.78 is 19.8. The molecule has 3 atom stereocenters. The normalized spacial score (nSPS) is 29.0. The summed E-state index contributed by atoms with van der Waals surface area (Å²) >= 11 is 0. The largest absolute Gasteiger partial charge is 0.487 e. The molecule has 2 nitrogen and oxygen atoms in total. The minimum atomic E-state index is -0.305. The molecule has 0 bridgehead atoms. The zero-order chi connectivity index (χ0) is 14.0. The molecule has 1 fully saturated rings. The first-order chi connectivity index (χ1) is 8.95. The molecule has 1 aromatic rings. The lowest BCUT2D eigenvalue weighted by Gasteiger charge is -2.31. The van der Waals surface area contributed by atoms with Gasteiger partial charge in [-0.2, -0.15) is 0 Å². The van der Waals surface area contributed by atoms with Gasteiger partial charge in [0.25, 0.3) is 0 Å². The lowest BCUT2D eigenvalue weighted by atomic mass is 9.82. The van der Waals surface area contributed by atoms with Gasteiger partial charge in [0, 0.05) is 6.04 Å². The van der Waals surface area contributed by atoms with Crippen molar-refractivity contribution in [2.45, 2.75) is 52.2 Å². The molecule has 2 unspecified atom stereocenters. The van der Waals surface area contributed by atoms with Gasteiger partial charge in [-0.25, -0.2) is 4.39 Å². The van der Waals surface area contributed by atoms with Crippen molar-refractivity contribution in [1.29, 1.82) is 0 Å². The second-order valence-corrected chi connectivity index (χ2v) is 6.14. The van der Waals surface area contributed by atoms with Gasteiger partial charge in [0.2, 0.25) is 0 Å². The molecule has 2 N–H and O–H groups in total. The maximum Gasteiger partial charge on any atom is 0.165 e. The summed E-state index contributed by atoms with van der Waals surface area (Å²) in [4.78, 5) is 0. The van der Waals surface area contributed by atoms with Crippen LogP contribution in [0.2, 0.25) is 0 Å². The molecule has 0 aromatic heterocycles. The highest BCUT2D eigenvalue weighted by Crippen LogP contribution is 2.32. The maximum atomic E-state index is 14.0. The van der Waals surface area contributed by atoms with E-state index in [0.717, 1.165) is 18.4 Å². The summed E-state index contributed by atoms with van der Waals surface area (Å²) in [5, 5.41) is 0. The fourth-order valence-electron chi connectivity index (χ4n) is 3.04. The Balaban J connectivity index is 2.06. The van der Waals surface area contributed by atoms with Crippen LogP contribution in [0.15, 0.2) is 18.2 Å². The predicted octanol–water partition coefficient (Wildman–Crippen LogP) is 4.05. The van der Waals surface area contributed by atoms with Gasteiger partial charge < -0.3 is 10.5 Å². The summed E-state index contributed by atoms with van der Waals surface area (Å²) in [6.45, 7) is 6.32. The first-order valence-electron chi connectivity index (χ1n) is 7.17. The Morgan fingerprint density at radius 2 is 1.84 bits per heavy atom. The molecule has 3 heteroatoms. The minimum Gasteiger partial charge on any atom is -0.487 e. The lowest BCUT2D eigenvalue weighted by molar-refractivity contribution is 0.0970. The van der Waals surface area contributed by atoms with E-state index < -0.39 is 0 Å². The third-order valence-corrected chi connectivity index (χ3v) is 3.91. The van der Waals surface area contributed by atoms with Crippen LogP contribution >= 0.6 is 0 Å². The Hall–Kier alpha value is -1.09. The Kier molecular flexibility index (Phi) is 4.46. The second kappa shape index (κ2) is 5.91. The first-order valence-corrected chi connectivity index (χ1v) is 7.17. The lowest BCUT2D eigenvalue weighted by Crippen LogP contribution is -2.28. The Morgan fingerprint density at radius 3 is 2.37 bits per heavy atom. The van der Waals surface area contributed by atoms with Crippen molar-refractivity contribution in [2.75, 3.05) is 0 Å². The maximum absolute atomic E-state index is 14.0. The Labute approximate surface area is 115 Å². The van der Waals surface area contributed by atoms with E-state index in [1.165, 1.54) is 12.5 Å². The minimum absolute atomic E-state index is 0.134. The van der Waals surface area contributed by atoms with Crippen LogP contribution in [0.1, 0.15) is 51.6 Å². The van der Waals surface area contributed by atoms with Crippen LogP contribution in [-0.4, -0.2) is 6.10 Å². The highest BCUT2D eigenvalue weighted by molar-refractivity contribution is 5.31. The number of hydrogen-bond acceptors (Lipinski definition) is 2. The number of benzene rings is 1. The van der Waals surface area contributed by atoms with Crippen molar-refractivity contribution < 1.29 is 9.13 Å². The number of hydrogen-bond donors (Lipinski definition) is 1. The van der Waals surface area contributed by atoms with Gasteiger partial charge >= 0.3 is 0 Å². The van der Waals surface area contributed by atoms with Gasteiger partial charge in [0.1, 0.15) is 0 Å². The summed E-state index contributed by atoms with van der Waals surface area (Å²) in [7, 11) is 0. The Morgan fingerprint density at radius 1 is 1.21 bits per heavy atom. The molecular formula is C16H24FNO. The zero-order valence-corrected chi connectivity index (χ0v) is 12.0. The van der Waals surface area contributed by atoms with Crippen molar-refractivity contribution in [3.63, 3.8) is 0 Å². The van der Waals surface area contributed by atoms with Gasteiger partial charge in [-0.15, -0.1) is 0 Å². The fourth-order valence-corrected chi connectivity index (χ4v) is 3.04. The summed E-state index contributed by atoms with van der Waals surface area (Å²) in [6, 6.07) is 4.88. The monoisotopic (exact) mass is 265 g/mol. The van der Waals surface area contributed by atoms with Crippen molar-refractivity contribution in [3.05, 3.63) is 29.6 Å². The molecule has 1 aliphatic carbocycles. The fraction of sp³-hybridized carbons (Fsp3) is 0.625. The van der Waals surface area contributed by atoms with Crippen molar-refractivity contribution in [2.24, 2.45) is 17.6 Å². The van der Waals surface area contributed by atoms with E-state index in [-0.39, 0.29) is 18.0 Å². The van der Waals surface area contributed by atoms with Crippen LogP contribution in [0.3, 0.4) is 0 Å². The predicted molar refractivity (Wildman–Crippen MR) is 75.6 cm³/mol. The second-order valence-electron chi connectivity index (χ2n) is 6.14. The molecule has 19 heavy (non-hydrogen) atoms. The molecule has 0 spiro atoms. The summed E-state index contributed by atoms with van der Waals surface area (Å²) in [5.74, 6) is 1.36. The average Bonchev–Trinajstić information content (AvgIpc) is 2.30. The van der Waals surface area contributed by atoms with Crippen LogP contribution in [0.25, 0.3) is 0 Å². The number of halogens is 1. The van der Waals surface area contributed by atoms with E-state index in [2.05, 4.69) is 13.8 Å². The van der Waals surface area contributed by atoms with Gasteiger partial charge in [0.15, 0.2) is 11.6 Å². The number of nitrogens with two attached hydrogens (primary N) is 1. The van der Waals surface area contributed by atoms with E-state index in [1.54, 1.807) is 6.07 Å². The molecular weight excluding hydrogens is 241 g/mol. The average molecular weight is 265 g/mol. The zero-order valence-electron chi connectivity index (χ0n) is 12.0. The van der Waals surface area contributed by atoms with Gasteiger partial charge in [-0.05, 0) is 55.7 Å². The molecule has 0 aliphatic heterocycles. The molecule has 0 amide bonds. The van der Waals surface area contributed by atoms with E-state index in [4.69, 9.17) is 10.5 Å². The van der Waals surface area contributed by atoms with Gasteiger partial charge in [-0.3, -0.25) is 0 Å². The Bertz CT molecular complexity index is 423. The van der Waals surface area contributed by atoms with E-state index in [9.17, 15) is 4.39 Å². The third-order valence-electron chi connectivity index (χ3n) is 3.91. The molecule has 1 saturated carbocycles. The summed E-state index contributed by atoms with van der Waals surface area (Å²) in [6.07, 6.45) is 3.40. The highest BCUT2D eigenvalue weighted by Gasteiger charge is 2.25. The molecule has 0 radical (unpaired) electrons. The quantitative estimate of drug-likeness (QED) is 0.895. The molecule has 1 aliphatic rings. The molecule has 0 heterocycles. The first kappa shape index (κ1) is 14.3. The van der Waals surface area contributed by atoms with Gasteiger partial charge in [-0.1, -0.05) is 19.9 Å². The van der Waals surface area contributed by atoms with Crippen LogP contribution < -0.4 is 10.5 Å². The van der Waals surface area contributed by atoms with Crippen molar-refractivity contribution >= 4 is 0 Å². The summed E-state index contributed by atoms with van der Waals surface area (Å²) in [5.41, 5.74) is 6.55. The number of ether oxygens (including phenoxy) is 1. The van der Waals surface area contributed by atoms with E-state index in [1.807, 2.05) is 13.0 Å². The smallest absolute Gasteiger partial charge is 0.165 e. The number of rotatable bonds is 3. The topological polar surface area (TPSA) is 35.2 Å². The molecule has 2 rings (SSSR count). The van der Waals surface area contributed by atoms with Crippen LogP contribution in [0.4, 0.5) is 4.39 Å². The van der Waals surface area contributed by atoms with Crippen LogP contribution in [0, 0.1) is 17.7 Å². The van der Waals surface area contributed by atoms with Crippen molar-refractivity contribution in [3.8, 4) is 5.75 Å². The van der Waals surface area contributed by atoms with E-state index >= 15 is 0 Å².